The summed E-state index contributed by atoms with van der Waals surface area (Å²) < 4.78 is 0.739. The molecule has 0 fully saturated rings. The summed E-state index contributed by atoms with van der Waals surface area (Å²) in [5.41, 5.74) is 2.05. The highest BCUT2D eigenvalue weighted by molar-refractivity contribution is 8.01. The Kier molecular flexibility index (Phi) is 4.63. The molecule has 0 bridgehead atoms. The molecule has 0 unspecified atom stereocenters. The van der Waals surface area contributed by atoms with E-state index in [4.69, 9.17) is 0 Å². The van der Waals surface area contributed by atoms with Crippen LogP contribution in [0, 0.1) is 0 Å². The van der Waals surface area contributed by atoms with Crippen LogP contribution in [0.15, 0.2) is 82.2 Å². The summed E-state index contributed by atoms with van der Waals surface area (Å²) in [6.45, 7) is 0. The maximum Gasteiger partial charge on any atom is 0.276 e. The van der Waals surface area contributed by atoms with Gasteiger partial charge in [-0.3, -0.25) is 15.1 Å². The molecule has 0 radical (unpaired) electrons. The minimum atomic E-state index is -0.308. The van der Waals surface area contributed by atoms with Crippen LogP contribution < -0.4 is 5.32 Å². The van der Waals surface area contributed by atoms with Gasteiger partial charge in [-0.1, -0.05) is 65.6 Å². The maximum atomic E-state index is 12.6. The number of hydrogen-bond acceptors (Lipinski definition) is 7. The van der Waals surface area contributed by atoms with Crippen LogP contribution in [0.4, 0.5) is 5.13 Å². The van der Waals surface area contributed by atoms with Crippen LogP contribution in [0.5, 0.6) is 0 Å². The number of anilines is 1. The molecule has 0 aliphatic rings. The van der Waals surface area contributed by atoms with Gasteiger partial charge in [0, 0.05) is 21.9 Å². The van der Waals surface area contributed by atoms with Crippen molar-refractivity contribution in [3.05, 3.63) is 78.6 Å². The molecule has 0 aliphatic heterocycles. The molecule has 3 aromatic heterocycles. The van der Waals surface area contributed by atoms with Crippen molar-refractivity contribution >= 4 is 55.9 Å². The third kappa shape index (κ3) is 3.67. The van der Waals surface area contributed by atoms with Crippen molar-refractivity contribution < 1.29 is 4.79 Å². The lowest BCUT2D eigenvalue weighted by molar-refractivity contribution is 0.102. The Bertz CT molecular complexity index is 1350. The lowest BCUT2D eigenvalue weighted by Crippen LogP contribution is -2.13. The standard InChI is InChI=1S/C21H13N5OS2/c27-19(17-10-9-13-5-1-3-7-15(13)23-17)24-20-25-26-21(29-20)28-18-11-12-22-16-8-4-2-6-14(16)18/h1-12H,(H,24,25,27). The minimum absolute atomic E-state index is 0.308. The average Bonchev–Trinajstić information content (AvgIpc) is 3.20. The molecule has 0 spiro atoms. The number of benzene rings is 2. The normalized spacial score (nSPS) is 11.0. The Morgan fingerprint density at radius 2 is 1.72 bits per heavy atom. The Labute approximate surface area is 174 Å². The van der Waals surface area contributed by atoms with Crippen LogP contribution >= 0.6 is 23.1 Å². The molecule has 3 heterocycles. The second kappa shape index (κ2) is 7.57. The number of pyridine rings is 2. The molecule has 0 aliphatic carbocycles. The fraction of sp³-hybridized carbons (Fsp3) is 0. The first-order chi connectivity index (χ1) is 14.3. The van der Waals surface area contributed by atoms with Crippen molar-refractivity contribution in [2.45, 2.75) is 9.24 Å². The zero-order valence-corrected chi connectivity index (χ0v) is 16.6. The van der Waals surface area contributed by atoms with E-state index in [1.165, 1.54) is 23.1 Å². The van der Waals surface area contributed by atoms with Gasteiger partial charge in [0.1, 0.15) is 5.69 Å². The van der Waals surface area contributed by atoms with Gasteiger partial charge in [0.15, 0.2) is 4.34 Å². The summed E-state index contributed by atoms with van der Waals surface area (Å²) in [6, 6.07) is 21.2. The van der Waals surface area contributed by atoms with Gasteiger partial charge in [0.05, 0.1) is 11.0 Å². The van der Waals surface area contributed by atoms with E-state index in [2.05, 4.69) is 25.5 Å². The molecule has 0 saturated carbocycles. The van der Waals surface area contributed by atoms with E-state index >= 15 is 0 Å². The fourth-order valence-corrected chi connectivity index (χ4v) is 4.73. The molecular formula is C21H13N5OS2. The second-order valence-electron chi connectivity index (χ2n) is 6.14. The third-order valence-corrected chi connectivity index (χ3v) is 6.23. The molecule has 6 nitrogen and oxygen atoms in total. The summed E-state index contributed by atoms with van der Waals surface area (Å²) in [5.74, 6) is -0.308. The summed E-state index contributed by atoms with van der Waals surface area (Å²) in [7, 11) is 0. The van der Waals surface area contributed by atoms with E-state index < -0.39 is 0 Å². The Hall–Kier alpha value is -3.36. The van der Waals surface area contributed by atoms with E-state index in [-0.39, 0.29) is 5.91 Å². The number of aromatic nitrogens is 4. The number of para-hydroxylation sites is 2. The minimum Gasteiger partial charge on any atom is -0.295 e. The summed E-state index contributed by atoms with van der Waals surface area (Å²) in [5, 5.41) is 13.5. The lowest BCUT2D eigenvalue weighted by Gasteiger charge is -2.03. The molecule has 0 saturated heterocycles. The van der Waals surface area contributed by atoms with Crippen LogP contribution in [0.3, 0.4) is 0 Å². The van der Waals surface area contributed by atoms with Crippen LogP contribution in [0.1, 0.15) is 10.5 Å². The van der Waals surface area contributed by atoms with Crippen molar-refractivity contribution in [1.82, 2.24) is 20.2 Å². The van der Waals surface area contributed by atoms with E-state index in [0.29, 0.717) is 10.8 Å². The lowest BCUT2D eigenvalue weighted by atomic mass is 10.2. The number of nitrogens with one attached hydrogen (secondary N) is 1. The van der Waals surface area contributed by atoms with Crippen LogP contribution in [-0.2, 0) is 0 Å². The van der Waals surface area contributed by atoms with Crippen molar-refractivity contribution in [3.63, 3.8) is 0 Å². The predicted octanol–water partition coefficient (Wildman–Crippen LogP) is 5.04. The number of nitrogens with zero attached hydrogens (tertiary/aromatic N) is 4. The number of fused-ring (bicyclic) bond motifs is 2. The first-order valence-corrected chi connectivity index (χ1v) is 10.4. The largest absolute Gasteiger partial charge is 0.295 e. The first kappa shape index (κ1) is 17.7. The van der Waals surface area contributed by atoms with Crippen molar-refractivity contribution in [2.75, 3.05) is 5.32 Å². The Morgan fingerprint density at radius 3 is 2.66 bits per heavy atom. The van der Waals surface area contributed by atoms with Crippen LogP contribution in [0.2, 0.25) is 0 Å². The number of carbonyl (C=O) groups is 1. The number of amides is 1. The molecular weight excluding hydrogens is 402 g/mol. The average molecular weight is 416 g/mol. The quantitative estimate of drug-likeness (QED) is 0.414. The smallest absolute Gasteiger partial charge is 0.276 e. The molecule has 8 heteroatoms. The zero-order chi connectivity index (χ0) is 19.6. The molecule has 29 heavy (non-hydrogen) atoms. The number of rotatable bonds is 4. The second-order valence-corrected chi connectivity index (χ2v) is 8.41. The van der Waals surface area contributed by atoms with Gasteiger partial charge in [0.2, 0.25) is 5.13 Å². The van der Waals surface area contributed by atoms with E-state index in [0.717, 1.165) is 31.0 Å². The highest BCUT2D eigenvalue weighted by Crippen LogP contribution is 2.35. The fourth-order valence-electron chi connectivity index (χ4n) is 2.91. The summed E-state index contributed by atoms with van der Waals surface area (Å²) in [6.07, 6.45) is 1.78. The molecule has 5 rings (SSSR count). The van der Waals surface area contributed by atoms with Gasteiger partial charge in [-0.15, -0.1) is 10.2 Å². The van der Waals surface area contributed by atoms with Gasteiger partial charge in [-0.25, -0.2) is 4.98 Å². The van der Waals surface area contributed by atoms with Crippen molar-refractivity contribution in [3.8, 4) is 0 Å². The molecule has 0 atom stereocenters. The molecule has 2 aromatic carbocycles. The summed E-state index contributed by atoms with van der Waals surface area (Å²) >= 11 is 2.82. The topological polar surface area (TPSA) is 80.7 Å². The van der Waals surface area contributed by atoms with Crippen LogP contribution in [-0.4, -0.2) is 26.1 Å². The highest BCUT2D eigenvalue weighted by Gasteiger charge is 2.13. The zero-order valence-electron chi connectivity index (χ0n) is 14.9. The monoisotopic (exact) mass is 415 g/mol. The van der Waals surface area contributed by atoms with Gasteiger partial charge < -0.3 is 0 Å². The van der Waals surface area contributed by atoms with E-state index in [9.17, 15) is 4.79 Å². The Balaban J connectivity index is 1.35. The molecule has 1 amide bonds. The Morgan fingerprint density at radius 1 is 0.897 bits per heavy atom. The molecule has 5 aromatic rings. The van der Waals surface area contributed by atoms with Gasteiger partial charge in [0.25, 0.3) is 5.91 Å². The number of carbonyl (C=O) groups excluding carboxylic acids is 1. The van der Waals surface area contributed by atoms with E-state index in [1.807, 2.05) is 60.7 Å². The summed E-state index contributed by atoms with van der Waals surface area (Å²) in [4.78, 5) is 22.4. The molecule has 140 valence electrons. The van der Waals surface area contributed by atoms with E-state index in [1.54, 1.807) is 12.3 Å². The molecule has 1 N–H and O–H groups in total. The van der Waals surface area contributed by atoms with Gasteiger partial charge >= 0.3 is 0 Å². The highest BCUT2D eigenvalue weighted by atomic mass is 32.2. The van der Waals surface area contributed by atoms with Gasteiger partial charge in [-0.2, -0.15) is 0 Å². The SMILES string of the molecule is O=C(Nc1nnc(Sc2ccnc3ccccc23)s1)c1ccc2ccccc2n1. The first-order valence-electron chi connectivity index (χ1n) is 8.78. The third-order valence-electron chi connectivity index (χ3n) is 4.26. The van der Waals surface area contributed by atoms with Crippen molar-refractivity contribution in [1.29, 1.82) is 0 Å². The number of hydrogen-bond donors (Lipinski definition) is 1. The van der Waals surface area contributed by atoms with Crippen LogP contribution in [0.25, 0.3) is 21.8 Å². The van der Waals surface area contributed by atoms with Gasteiger partial charge in [-0.05, 0) is 24.3 Å². The van der Waals surface area contributed by atoms with Crippen molar-refractivity contribution in [2.24, 2.45) is 0 Å². The predicted molar refractivity (Wildman–Crippen MR) is 115 cm³/mol. The maximum absolute atomic E-state index is 12.6.